The summed E-state index contributed by atoms with van der Waals surface area (Å²) in [6, 6.07) is 7.71. The quantitative estimate of drug-likeness (QED) is 0.840. The van der Waals surface area contributed by atoms with Gasteiger partial charge in [0.15, 0.2) is 11.5 Å². The highest BCUT2D eigenvalue weighted by atomic mass is 79.9. The minimum atomic E-state index is -0.513. The Kier molecular flexibility index (Phi) is 3.96. The number of hydrogen-bond acceptors (Lipinski definition) is 3. The second-order valence-corrected chi connectivity index (χ2v) is 5.43. The smallest absolute Gasteiger partial charge is 0.161 e. The van der Waals surface area contributed by atoms with Gasteiger partial charge in [-0.15, -0.1) is 0 Å². The fourth-order valence-corrected chi connectivity index (χ4v) is 2.37. The van der Waals surface area contributed by atoms with Crippen LogP contribution in [-0.4, -0.2) is 13.2 Å². The van der Waals surface area contributed by atoms with Crippen molar-refractivity contribution in [3.8, 4) is 11.5 Å². The lowest BCUT2D eigenvalue weighted by Crippen LogP contribution is -2.15. The zero-order valence-electron chi connectivity index (χ0n) is 11.0. The molecule has 21 heavy (non-hydrogen) atoms. The maximum absolute atomic E-state index is 13.7. The van der Waals surface area contributed by atoms with Gasteiger partial charge in [0.05, 0.1) is 10.2 Å². The van der Waals surface area contributed by atoms with Crippen LogP contribution in [0.3, 0.4) is 0 Å². The Bertz CT molecular complexity index is 679. The van der Waals surface area contributed by atoms with E-state index in [9.17, 15) is 8.78 Å². The molecule has 3 nitrogen and oxygen atoms in total. The van der Waals surface area contributed by atoms with Crippen LogP contribution in [0.15, 0.2) is 34.8 Å². The summed E-state index contributed by atoms with van der Waals surface area (Å²) in [6.45, 7) is 1.40. The van der Waals surface area contributed by atoms with Crippen molar-refractivity contribution in [3.63, 3.8) is 0 Å². The molecule has 1 N–H and O–H groups in total. The fraction of sp³-hybridized carbons (Fsp3) is 0.200. The van der Waals surface area contributed by atoms with E-state index >= 15 is 0 Å². The molecule has 0 saturated carbocycles. The van der Waals surface area contributed by atoms with Gasteiger partial charge in [-0.3, -0.25) is 0 Å². The van der Waals surface area contributed by atoms with Crippen LogP contribution in [0.5, 0.6) is 11.5 Å². The fourth-order valence-electron chi connectivity index (χ4n) is 2.05. The third-order valence-electron chi connectivity index (χ3n) is 3.10. The van der Waals surface area contributed by atoms with Gasteiger partial charge in [0, 0.05) is 12.6 Å². The lowest BCUT2D eigenvalue weighted by Gasteiger charge is -2.19. The summed E-state index contributed by atoms with van der Waals surface area (Å²) < 4.78 is 38.1. The molecule has 6 heteroatoms. The van der Waals surface area contributed by atoms with Gasteiger partial charge in [-0.05, 0) is 39.7 Å². The minimum absolute atomic E-state index is 0.102. The van der Waals surface area contributed by atoms with Gasteiger partial charge in [-0.2, -0.15) is 0 Å². The number of fused-ring (bicyclic) bond motifs is 1. The molecule has 0 aliphatic carbocycles. The lowest BCUT2D eigenvalue weighted by atomic mass is 10.2. The summed E-state index contributed by atoms with van der Waals surface area (Å²) in [5.41, 5.74) is 1.01. The molecule has 110 valence electrons. The first-order valence-electron chi connectivity index (χ1n) is 6.40. The highest BCUT2D eigenvalue weighted by Crippen LogP contribution is 2.31. The molecule has 3 rings (SSSR count). The third kappa shape index (κ3) is 3.10. The Labute approximate surface area is 129 Å². The molecule has 1 aliphatic rings. The highest BCUT2D eigenvalue weighted by molar-refractivity contribution is 9.10. The van der Waals surface area contributed by atoms with Crippen LogP contribution in [0.2, 0.25) is 0 Å². The normalized spacial score (nSPS) is 13.1. The molecule has 0 bridgehead atoms. The third-order valence-corrected chi connectivity index (χ3v) is 3.71. The molecule has 1 aliphatic heterocycles. The van der Waals surface area contributed by atoms with Gasteiger partial charge in [0.1, 0.15) is 24.8 Å². The average molecular weight is 356 g/mol. The van der Waals surface area contributed by atoms with Crippen molar-refractivity contribution in [1.82, 2.24) is 0 Å². The van der Waals surface area contributed by atoms with Crippen molar-refractivity contribution >= 4 is 21.6 Å². The molecule has 0 saturated heterocycles. The summed E-state index contributed by atoms with van der Waals surface area (Å²) in [7, 11) is 0. The average Bonchev–Trinajstić information content (AvgIpc) is 2.49. The van der Waals surface area contributed by atoms with E-state index in [0.29, 0.717) is 31.3 Å². The van der Waals surface area contributed by atoms with Crippen molar-refractivity contribution in [2.24, 2.45) is 0 Å². The Morgan fingerprint density at radius 2 is 1.76 bits per heavy atom. The summed E-state index contributed by atoms with van der Waals surface area (Å²) in [5, 5.41) is 2.87. The van der Waals surface area contributed by atoms with Crippen LogP contribution in [0, 0.1) is 11.6 Å². The molecule has 0 aromatic heterocycles. The number of rotatable bonds is 3. The number of hydrogen-bond donors (Lipinski definition) is 1. The maximum Gasteiger partial charge on any atom is 0.161 e. The SMILES string of the molecule is Fc1cc(NCc2ccc3c(c2)OCCO3)c(F)cc1Br. The van der Waals surface area contributed by atoms with Gasteiger partial charge in [0.25, 0.3) is 0 Å². The van der Waals surface area contributed by atoms with Gasteiger partial charge >= 0.3 is 0 Å². The van der Waals surface area contributed by atoms with Gasteiger partial charge in [0.2, 0.25) is 0 Å². The zero-order chi connectivity index (χ0) is 14.8. The van der Waals surface area contributed by atoms with E-state index in [-0.39, 0.29) is 10.2 Å². The minimum Gasteiger partial charge on any atom is -0.486 e. The van der Waals surface area contributed by atoms with Crippen molar-refractivity contribution in [1.29, 1.82) is 0 Å². The zero-order valence-corrected chi connectivity index (χ0v) is 12.5. The van der Waals surface area contributed by atoms with E-state index in [1.54, 1.807) is 0 Å². The van der Waals surface area contributed by atoms with E-state index in [1.165, 1.54) is 0 Å². The number of nitrogens with one attached hydrogen (secondary N) is 1. The molecule has 2 aromatic carbocycles. The Morgan fingerprint density at radius 3 is 2.57 bits per heavy atom. The second kappa shape index (κ2) is 5.89. The summed E-state index contributed by atoms with van der Waals surface area (Å²) in [4.78, 5) is 0. The molecular formula is C15H12BrF2NO2. The van der Waals surface area contributed by atoms with Crippen LogP contribution >= 0.6 is 15.9 Å². The first-order valence-corrected chi connectivity index (χ1v) is 7.20. The van der Waals surface area contributed by atoms with E-state index in [0.717, 1.165) is 17.7 Å². The van der Waals surface area contributed by atoms with Crippen molar-refractivity contribution in [2.75, 3.05) is 18.5 Å². The van der Waals surface area contributed by atoms with Crippen molar-refractivity contribution in [2.45, 2.75) is 6.54 Å². The predicted octanol–water partition coefficient (Wildman–Crippen LogP) is 4.11. The standard InChI is InChI=1S/C15H12BrF2NO2/c16-10-6-12(18)13(7-11(10)17)19-8-9-1-2-14-15(5-9)21-4-3-20-14/h1-2,5-7,19H,3-4,8H2. The van der Waals surface area contributed by atoms with Crippen LogP contribution in [0.25, 0.3) is 0 Å². The maximum atomic E-state index is 13.7. The molecular weight excluding hydrogens is 344 g/mol. The van der Waals surface area contributed by atoms with Crippen LogP contribution < -0.4 is 14.8 Å². The van der Waals surface area contributed by atoms with Gasteiger partial charge in [-0.1, -0.05) is 6.07 Å². The Balaban J connectivity index is 1.74. The molecule has 0 spiro atoms. The molecule has 2 aromatic rings. The van der Waals surface area contributed by atoms with Gasteiger partial charge in [-0.25, -0.2) is 8.78 Å². The lowest BCUT2D eigenvalue weighted by molar-refractivity contribution is 0.171. The monoisotopic (exact) mass is 355 g/mol. The first-order chi connectivity index (χ1) is 10.1. The highest BCUT2D eigenvalue weighted by Gasteiger charge is 2.12. The molecule has 0 amide bonds. The van der Waals surface area contributed by atoms with E-state index in [1.807, 2.05) is 18.2 Å². The molecule has 0 fully saturated rings. The topological polar surface area (TPSA) is 30.5 Å². The summed E-state index contributed by atoms with van der Waals surface area (Å²) >= 11 is 2.94. The second-order valence-electron chi connectivity index (χ2n) is 4.58. The van der Waals surface area contributed by atoms with Crippen molar-refractivity contribution in [3.05, 3.63) is 52.0 Å². The van der Waals surface area contributed by atoms with E-state index < -0.39 is 11.6 Å². The van der Waals surface area contributed by atoms with Crippen molar-refractivity contribution < 1.29 is 18.3 Å². The first kappa shape index (κ1) is 14.1. The molecule has 0 unspecified atom stereocenters. The largest absolute Gasteiger partial charge is 0.486 e. The number of ether oxygens (including phenoxy) is 2. The molecule has 1 heterocycles. The molecule has 0 atom stereocenters. The van der Waals surface area contributed by atoms with Crippen LogP contribution in [0.4, 0.5) is 14.5 Å². The Morgan fingerprint density at radius 1 is 1.00 bits per heavy atom. The summed E-state index contributed by atoms with van der Waals surface area (Å²) in [6.07, 6.45) is 0. The summed E-state index contributed by atoms with van der Waals surface area (Å²) in [5.74, 6) is 0.343. The number of anilines is 1. The van der Waals surface area contributed by atoms with E-state index in [2.05, 4.69) is 21.2 Å². The van der Waals surface area contributed by atoms with Crippen LogP contribution in [-0.2, 0) is 6.54 Å². The predicted molar refractivity (Wildman–Crippen MR) is 78.8 cm³/mol. The molecule has 0 radical (unpaired) electrons. The van der Waals surface area contributed by atoms with Gasteiger partial charge < -0.3 is 14.8 Å². The van der Waals surface area contributed by atoms with Crippen LogP contribution in [0.1, 0.15) is 5.56 Å². The Hall–Kier alpha value is -1.82. The number of benzene rings is 2. The number of halogens is 3. The van der Waals surface area contributed by atoms with E-state index in [4.69, 9.17) is 9.47 Å².